The van der Waals surface area contributed by atoms with Gasteiger partial charge in [-0.3, -0.25) is 4.90 Å². The molecule has 0 saturated carbocycles. The monoisotopic (exact) mass is 371 g/mol. The minimum atomic E-state index is -3.26. The number of hydrogen-bond donors (Lipinski definition) is 3. The van der Waals surface area contributed by atoms with Gasteiger partial charge in [0.25, 0.3) is 0 Å². The molecule has 1 aliphatic rings. The molecule has 7 nitrogen and oxygen atoms in total. The Bertz CT molecular complexity index is 692. The Morgan fingerprint density at radius 2 is 1.92 bits per heavy atom. The third-order valence-corrected chi connectivity index (χ3v) is 5.22. The molecule has 4 N–H and O–H groups in total. The summed E-state index contributed by atoms with van der Waals surface area (Å²) in [6.07, 6.45) is 1.92. The Kier molecular flexibility index (Phi) is 5.98. The van der Waals surface area contributed by atoms with Gasteiger partial charge < -0.3 is 20.9 Å². The first-order valence-corrected chi connectivity index (χ1v) is 10.3. The Balaban J connectivity index is 1.92. The third-order valence-electron chi connectivity index (χ3n) is 4.11. The molecule has 1 aromatic carbocycles. The molecule has 1 saturated heterocycles. The fraction of sp³-hybridized carbons (Fsp3) is 0.647. The summed E-state index contributed by atoms with van der Waals surface area (Å²) in [4.78, 5) is 2.12. The van der Waals surface area contributed by atoms with E-state index < -0.39 is 21.9 Å². The largest absolute Gasteiger partial charge is 0.397 e. The molecular weight excluding hydrogens is 342 g/mol. The minimum absolute atomic E-state index is 0.212. The molecule has 1 aromatic rings. The molecule has 1 aliphatic heterocycles. The van der Waals surface area contributed by atoms with Gasteiger partial charge >= 0.3 is 0 Å². The topological polar surface area (TPSA) is 105 Å². The molecular formula is C17H29N3O4S. The maximum absolute atomic E-state index is 11.6. The van der Waals surface area contributed by atoms with E-state index in [0.29, 0.717) is 18.8 Å². The van der Waals surface area contributed by atoms with Crippen LogP contribution in [0.2, 0.25) is 0 Å². The molecule has 2 rings (SSSR count). The van der Waals surface area contributed by atoms with E-state index in [1.807, 2.05) is 25.7 Å². The van der Waals surface area contributed by atoms with E-state index in [-0.39, 0.29) is 10.9 Å². The summed E-state index contributed by atoms with van der Waals surface area (Å²) >= 11 is 0. The van der Waals surface area contributed by atoms with Gasteiger partial charge in [0, 0.05) is 25.4 Å². The molecule has 1 heterocycles. The fourth-order valence-corrected chi connectivity index (χ4v) is 3.43. The Hall–Kier alpha value is -1.35. The molecule has 142 valence electrons. The number of anilines is 2. The van der Waals surface area contributed by atoms with Crippen molar-refractivity contribution in [2.75, 3.05) is 30.4 Å². The fourth-order valence-electron chi connectivity index (χ4n) is 2.78. The van der Waals surface area contributed by atoms with Gasteiger partial charge in [-0.05, 0) is 51.8 Å². The number of nitrogens with zero attached hydrogens (tertiary/aromatic N) is 1. The molecule has 1 fully saturated rings. The van der Waals surface area contributed by atoms with Gasteiger partial charge in [-0.2, -0.15) is 0 Å². The Morgan fingerprint density at radius 1 is 1.32 bits per heavy atom. The highest BCUT2D eigenvalue weighted by molar-refractivity contribution is 7.90. The van der Waals surface area contributed by atoms with Crippen LogP contribution < -0.4 is 11.1 Å². The van der Waals surface area contributed by atoms with Gasteiger partial charge in [0.15, 0.2) is 9.84 Å². The predicted octanol–water partition coefficient (Wildman–Crippen LogP) is 1.64. The summed E-state index contributed by atoms with van der Waals surface area (Å²) in [5.74, 6) is 0. The SMILES string of the molecule is CC(C)(C)O[C@H](O)N1CCC(Nc2ccc(S(C)(=O)=O)cc2N)CC1. The number of likely N-dealkylation sites (tertiary alicyclic amines) is 1. The second-order valence-electron chi connectivity index (χ2n) is 7.53. The van der Waals surface area contributed by atoms with Crippen molar-refractivity contribution in [1.82, 2.24) is 4.90 Å². The number of ether oxygens (including phenoxy) is 1. The summed E-state index contributed by atoms with van der Waals surface area (Å²) in [5.41, 5.74) is 6.74. The number of rotatable bonds is 5. The van der Waals surface area contributed by atoms with Crippen molar-refractivity contribution in [1.29, 1.82) is 0 Å². The summed E-state index contributed by atoms with van der Waals surface area (Å²) in [5, 5.41) is 13.5. The standard InChI is InChI=1S/C17H29N3O4S/c1-17(2,3)24-16(21)20-9-7-12(8-10-20)19-15-6-5-13(11-14(15)18)25(4,22)23/h5-6,11-12,16,19,21H,7-10,18H2,1-4H3/t16-/m0/s1. The van der Waals surface area contributed by atoms with E-state index in [9.17, 15) is 13.5 Å². The molecule has 0 spiro atoms. The molecule has 0 unspecified atom stereocenters. The van der Waals surface area contributed by atoms with Crippen LogP contribution in [0.3, 0.4) is 0 Å². The van der Waals surface area contributed by atoms with Crippen LogP contribution >= 0.6 is 0 Å². The number of nitrogen functional groups attached to an aromatic ring is 1. The van der Waals surface area contributed by atoms with Crippen molar-refractivity contribution >= 4 is 21.2 Å². The minimum Gasteiger partial charge on any atom is -0.397 e. The highest BCUT2D eigenvalue weighted by Crippen LogP contribution is 2.26. The summed E-state index contributed by atoms with van der Waals surface area (Å²) in [7, 11) is -3.26. The molecule has 0 radical (unpaired) electrons. The highest BCUT2D eigenvalue weighted by Gasteiger charge is 2.27. The highest BCUT2D eigenvalue weighted by atomic mass is 32.2. The van der Waals surface area contributed by atoms with Gasteiger partial charge in [-0.1, -0.05) is 0 Å². The van der Waals surface area contributed by atoms with Gasteiger partial charge in [0.1, 0.15) is 0 Å². The lowest BCUT2D eigenvalue weighted by molar-refractivity contribution is -0.242. The maximum atomic E-state index is 11.6. The Morgan fingerprint density at radius 3 is 2.40 bits per heavy atom. The second kappa shape index (κ2) is 7.49. The number of hydrogen-bond acceptors (Lipinski definition) is 7. The summed E-state index contributed by atoms with van der Waals surface area (Å²) in [6, 6.07) is 4.96. The van der Waals surface area contributed by atoms with Crippen LogP contribution in [-0.4, -0.2) is 55.8 Å². The number of piperidine rings is 1. The van der Waals surface area contributed by atoms with E-state index in [2.05, 4.69) is 5.32 Å². The number of benzene rings is 1. The van der Waals surface area contributed by atoms with Crippen molar-refractivity contribution in [3.05, 3.63) is 18.2 Å². The van der Waals surface area contributed by atoms with Crippen LogP contribution in [0.15, 0.2) is 23.1 Å². The van der Waals surface area contributed by atoms with Gasteiger partial charge in [0.05, 0.1) is 21.9 Å². The van der Waals surface area contributed by atoms with Crippen LogP contribution in [0.4, 0.5) is 11.4 Å². The lowest BCUT2D eigenvalue weighted by Crippen LogP contribution is -2.47. The number of nitrogens with two attached hydrogens (primary N) is 1. The first-order chi connectivity index (χ1) is 11.5. The normalized spacial score (nSPS) is 18.9. The molecule has 0 aliphatic carbocycles. The van der Waals surface area contributed by atoms with Crippen LogP contribution in [-0.2, 0) is 14.6 Å². The quantitative estimate of drug-likeness (QED) is 0.534. The zero-order valence-electron chi connectivity index (χ0n) is 15.3. The molecule has 1 atom stereocenters. The first kappa shape index (κ1) is 20.0. The molecule has 25 heavy (non-hydrogen) atoms. The van der Waals surface area contributed by atoms with E-state index in [4.69, 9.17) is 10.5 Å². The smallest absolute Gasteiger partial charge is 0.216 e. The molecule has 0 aromatic heterocycles. The third kappa shape index (κ3) is 5.85. The Labute approximate surface area is 150 Å². The first-order valence-electron chi connectivity index (χ1n) is 8.42. The van der Waals surface area contributed by atoms with Crippen molar-refractivity contribution in [3.8, 4) is 0 Å². The van der Waals surface area contributed by atoms with Crippen LogP contribution in [0, 0.1) is 0 Å². The number of aliphatic hydroxyl groups excluding tert-OH is 1. The lowest BCUT2D eigenvalue weighted by Gasteiger charge is -2.37. The average Bonchev–Trinajstić information content (AvgIpc) is 2.47. The molecule has 0 amide bonds. The van der Waals surface area contributed by atoms with Crippen LogP contribution in [0.25, 0.3) is 0 Å². The van der Waals surface area contributed by atoms with Crippen LogP contribution in [0.1, 0.15) is 33.6 Å². The van der Waals surface area contributed by atoms with Crippen LogP contribution in [0.5, 0.6) is 0 Å². The predicted molar refractivity (Wildman–Crippen MR) is 99.0 cm³/mol. The molecule has 8 heteroatoms. The number of sulfone groups is 1. The van der Waals surface area contributed by atoms with Crippen molar-refractivity contribution in [2.45, 2.75) is 56.6 Å². The van der Waals surface area contributed by atoms with E-state index in [1.54, 1.807) is 12.1 Å². The van der Waals surface area contributed by atoms with Crippen molar-refractivity contribution in [2.24, 2.45) is 0 Å². The second-order valence-corrected chi connectivity index (χ2v) is 9.55. The lowest BCUT2D eigenvalue weighted by atomic mass is 10.0. The van der Waals surface area contributed by atoms with E-state index in [1.165, 1.54) is 6.07 Å². The maximum Gasteiger partial charge on any atom is 0.216 e. The van der Waals surface area contributed by atoms with E-state index in [0.717, 1.165) is 24.8 Å². The van der Waals surface area contributed by atoms with Gasteiger partial charge in [-0.25, -0.2) is 8.42 Å². The summed E-state index contributed by atoms with van der Waals surface area (Å²) < 4.78 is 28.7. The van der Waals surface area contributed by atoms with Crippen molar-refractivity contribution < 1.29 is 18.3 Å². The van der Waals surface area contributed by atoms with Crippen molar-refractivity contribution in [3.63, 3.8) is 0 Å². The van der Waals surface area contributed by atoms with Gasteiger partial charge in [0.2, 0.25) is 6.41 Å². The number of nitrogens with one attached hydrogen (secondary N) is 1. The van der Waals surface area contributed by atoms with E-state index >= 15 is 0 Å². The number of aliphatic hydroxyl groups is 1. The summed E-state index contributed by atoms with van der Waals surface area (Å²) in [6.45, 7) is 7.14. The zero-order chi connectivity index (χ0) is 18.8. The zero-order valence-corrected chi connectivity index (χ0v) is 16.1. The average molecular weight is 372 g/mol. The van der Waals surface area contributed by atoms with Gasteiger partial charge in [-0.15, -0.1) is 0 Å². The molecule has 0 bridgehead atoms.